The van der Waals surface area contributed by atoms with E-state index in [-0.39, 0.29) is 5.82 Å². The minimum absolute atomic E-state index is 0.354. The van der Waals surface area contributed by atoms with Crippen LogP contribution in [0.5, 0.6) is 5.75 Å². The molecule has 2 atom stereocenters. The van der Waals surface area contributed by atoms with Gasteiger partial charge in [0.25, 0.3) is 0 Å². The van der Waals surface area contributed by atoms with Crippen LogP contribution in [0.15, 0.2) is 72.6 Å². The quantitative estimate of drug-likeness (QED) is 0.505. The molecule has 1 N–H and O–H groups in total. The van der Waals surface area contributed by atoms with Gasteiger partial charge in [-0.15, -0.1) is 0 Å². The Kier molecular flexibility index (Phi) is 4.00. The lowest BCUT2D eigenvalue weighted by Crippen LogP contribution is -2.32. The predicted molar refractivity (Wildman–Crippen MR) is 112 cm³/mol. The van der Waals surface area contributed by atoms with Crippen LogP contribution in [0, 0.1) is 5.82 Å². The molecule has 152 valence electrons. The summed E-state index contributed by atoms with van der Waals surface area (Å²) in [6.07, 6.45) is 2.89. The maximum atomic E-state index is 15.0. The third-order valence-corrected chi connectivity index (χ3v) is 5.74. The smallest absolute Gasteiger partial charge is 0.248 e. The molecule has 0 spiro atoms. The van der Waals surface area contributed by atoms with E-state index in [9.17, 15) is 0 Å². The molecule has 9 heteroatoms. The molecule has 4 heterocycles. The third kappa shape index (κ3) is 2.79. The number of halogens is 2. The van der Waals surface area contributed by atoms with Gasteiger partial charge in [-0.05, 0) is 52.4 Å². The Morgan fingerprint density at radius 2 is 1.90 bits per heavy atom. The largest absolute Gasteiger partial charge is 0.480 e. The molecule has 0 aliphatic carbocycles. The molecule has 2 aliphatic heterocycles. The zero-order valence-corrected chi connectivity index (χ0v) is 16.7. The second-order valence-corrected chi connectivity index (χ2v) is 7.68. The van der Waals surface area contributed by atoms with E-state index < -0.39 is 12.1 Å². The lowest BCUT2D eigenvalue weighted by Gasteiger charge is -2.38. The molecule has 2 aliphatic rings. The van der Waals surface area contributed by atoms with Crippen LogP contribution in [0.3, 0.4) is 0 Å². The molecule has 31 heavy (non-hydrogen) atoms. The van der Waals surface area contributed by atoms with Crippen molar-refractivity contribution in [1.29, 1.82) is 0 Å². The molecule has 6 rings (SSSR count). The Balaban J connectivity index is 1.67. The van der Waals surface area contributed by atoms with E-state index >= 15 is 4.39 Å². The van der Waals surface area contributed by atoms with E-state index in [2.05, 4.69) is 25.8 Å². The van der Waals surface area contributed by atoms with Crippen LogP contribution >= 0.6 is 11.6 Å². The normalized spacial score (nSPS) is 19.0. The van der Waals surface area contributed by atoms with Crippen LogP contribution in [0.25, 0.3) is 5.70 Å². The number of fused-ring (bicyclic) bond motifs is 3. The molecule has 2 aromatic heterocycles. The van der Waals surface area contributed by atoms with Crippen LogP contribution in [0.1, 0.15) is 28.8 Å². The topological polar surface area (TPSA) is 77.8 Å². The highest BCUT2D eigenvalue weighted by molar-refractivity contribution is 6.30. The van der Waals surface area contributed by atoms with Crippen molar-refractivity contribution in [2.75, 3.05) is 5.32 Å². The molecular formula is C22H14ClFN6O. The Morgan fingerprint density at radius 1 is 1.06 bits per heavy atom. The molecule has 0 fully saturated rings. The number of nitrogens with one attached hydrogen (secondary N) is 1. The molecule has 4 aromatic rings. The maximum absolute atomic E-state index is 15.0. The maximum Gasteiger partial charge on any atom is 0.248 e. The second kappa shape index (κ2) is 6.88. The Bertz CT molecular complexity index is 1340. The molecule has 0 radical (unpaired) electrons. The minimum Gasteiger partial charge on any atom is -0.480 e. The fourth-order valence-corrected chi connectivity index (χ4v) is 4.34. The number of tetrazole rings is 1. The standard InChI is InChI=1S/C22H14ClFN6O/c23-13-5-6-17-15(11-13)19-18(21(31-17)12-7-9-25-10-8-12)20(14-3-1-2-4-16(14)24)30-22(26-19)27-28-29-30/h1-11,20-21H,(H,26,27,29)/t20-,21+/m1/s1. The van der Waals surface area contributed by atoms with E-state index in [4.69, 9.17) is 16.3 Å². The molecule has 0 bridgehead atoms. The van der Waals surface area contributed by atoms with Crippen LogP contribution in [-0.4, -0.2) is 25.2 Å². The lowest BCUT2D eigenvalue weighted by molar-refractivity contribution is 0.222. The molecule has 7 nitrogen and oxygen atoms in total. The summed E-state index contributed by atoms with van der Waals surface area (Å²) in [5, 5.41) is 15.9. The van der Waals surface area contributed by atoms with Crippen molar-refractivity contribution in [2.45, 2.75) is 12.1 Å². The third-order valence-electron chi connectivity index (χ3n) is 5.50. The van der Waals surface area contributed by atoms with Crippen molar-refractivity contribution in [3.8, 4) is 5.75 Å². The summed E-state index contributed by atoms with van der Waals surface area (Å²) in [6.45, 7) is 0. The number of nitrogens with zero attached hydrogens (tertiary/aromatic N) is 5. The minimum atomic E-state index is -0.618. The van der Waals surface area contributed by atoms with Gasteiger partial charge in [0.2, 0.25) is 5.95 Å². The number of benzene rings is 2. The Morgan fingerprint density at radius 3 is 2.74 bits per heavy atom. The van der Waals surface area contributed by atoms with Crippen molar-refractivity contribution in [3.63, 3.8) is 0 Å². The molecule has 0 saturated carbocycles. The van der Waals surface area contributed by atoms with Gasteiger partial charge < -0.3 is 10.1 Å². The SMILES string of the molecule is Fc1ccccc1[C@@H]1C2=C(Nc3nnnn31)c1cc(Cl)ccc1O[C@H]2c1ccncc1. The number of anilines is 1. The number of pyridine rings is 1. The first-order valence-corrected chi connectivity index (χ1v) is 9.98. The van der Waals surface area contributed by atoms with E-state index in [1.165, 1.54) is 6.07 Å². The highest BCUT2D eigenvalue weighted by atomic mass is 35.5. The van der Waals surface area contributed by atoms with Gasteiger partial charge in [0.15, 0.2) is 0 Å². The van der Waals surface area contributed by atoms with Gasteiger partial charge in [-0.3, -0.25) is 4.98 Å². The zero-order valence-electron chi connectivity index (χ0n) is 15.9. The van der Waals surface area contributed by atoms with Gasteiger partial charge in [-0.2, -0.15) is 4.68 Å². The first kappa shape index (κ1) is 18.0. The zero-order chi connectivity index (χ0) is 20.9. The second-order valence-electron chi connectivity index (χ2n) is 7.25. The number of hydrogen-bond acceptors (Lipinski definition) is 6. The summed E-state index contributed by atoms with van der Waals surface area (Å²) in [6, 6.07) is 15.2. The van der Waals surface area contributed by atoms with Crippen molar-refractivity contribution in [3.05, 3.63) is 100 Å². The van der Waals surface area contributed by atoms with Crippen molar-refractivity contribution >= 4 is 23.2 Å². The number of ether oxygens (including phenoxy) is 1. The summed E-state index contributed by atoms with van der Waals surface area (Å²) < 4.78 is 23.0. The Hall–Kier alpha value is -3.78. The van der Waals surface area contributed by atoms with Crippen LogP contribution in [0.4, 0.5) is 10.3 Å². The van der Waals surface area contributed by atoms with Crippen molar-refractivity contribution in [1.82, 2.24) is 25.2 Å². The van der Waals surface area contributed by atoms with Crippen molar-refractivity contribution in [2.24, 2.45) is 0 Å². The fraction of sp³-hybridized carbons (Fsp3) is 0.0909. The fourth-order valence-electron chi connectivity index (χ4n) is 4.17. The predicted octanol–water partition coefficient (Wildman–Crippen LogP) is 4.42. The summed E-state index contributed by atoms with van der Waals surface area (Å²) in [5.74, 6) is 0.715. The molecular weight excluding hydrogens is 419 g/mol. The van der Waals surface area contributed by atoms with Gasteiger partial charge in [-0.25, -0.2) is 4.39 Å². The summed E-state index contributed by atoms with van der Waals surface area (Å²) in [7, 11) is 0. The van der Waals surface area contributed by atoms with E-state index in [0.717, 1.165) is 22.4 Å². The monoisotopic (exact) mass is 432 g/mol. The van der Waals surface area contributed by atoms with Gasteiger partial charge in [-0.1, -0.05) is 34.9 Å². The molecule has 2 aromatic carbocycles. The van der Waals surface area contributed by atoms with Gasteiger partial charge >= 0.3 is 0 Å². The van der Waals surface area contributed by atoms with Crippen LogP contribution in [0.2, 0.25) is 5.02 Å². The van der Waals surface area contributed by atoms with E-state index in [1.807, 2.05) is 24.3 Å². The molecule has 0 amide bonds. The van der Waals surface area contributed by atoms with Gasteiger partial charge in [0, 0.05) is 34.1 Å². The van der Waals surface area contributed by atoms with E-state index in [1.54, 1.807) is 41.3 Å². The number of hydrogen-bond donors (Lipinski definition) is 1. The molecule has 0 saturated heterocycles. The number of aromatic nitrogens is 5. The average molecular weight is 433 g/mol. The number of rotatable bonds is 2. The summed E-state index contributed by atoms with van der Waals surface area (Å²) in [4.78, 5) is 4.12. The first-order valence-electron chi connectivity index (χ1n) is 9.60. The Labute approximate surface area is 181 Å². The van der Waals surface area contributed by atoms with Crippen LogP contribution < -0.4 is 10.1 Å². The summed E-state index contributed by atoms with van der Waals surface area (Å²) in [5.41, 5.74) is 3.62. The highest BCUT2D eigenvalue weighted by Gasteiger charge is 2.42. The lowest BCUT2D eigenvalue weighted by atomic mass is 9.84. The van der Waals surface area contributed by atoms with Gasteiger partial charge in [0.1, 0.15) is 23.7 Å². The van der Waals surface area contributed by atoms with Crippen LogP contribution in [-0.2, 0) is 0 Å². The van der Waals surface area contributed by atoms with Crippen molar-refractivity contribution < 1.29 is 9.13 Å². The van der Waals surface area contributed by atoms with Gasteiger partial charge in [0.05, 0.1) is 5.70 Å². The average Bonchev–Trinajstić information content (AvgIpc) is 3.27. The first-order chi connectivity index (χ1) is 15.2. The van der Waals surface area contributed by atoms with E-state index in [0.29, 0.717) is 22.3 Å². The summed E-state index contributed by atoms with van der Waals surface area (Å²) >= 11 is 6.30. The highest BCUT2D eigenvalue weighted by Crippen LogP contribution is 2.51. The molecule has 0 unspecified atom stereocenters.